The molecule has 0 amide bonds. The number of aryl methyl sites for hydroxylation is 2. The second-order valence-electron chi connectivity index (χ2n) is 4.81. The summed E-state index contributed by atoms with van der Waals surface area (Å²) in [6.07, 6.45) is 1.14. The molecule has 0 spiro atoms. The van der Waals surface area contributed by atoms with E-state index in [1.807, 2.05) is 6.92 Å². The molecule has 1 N–H and O–H groups in total. The zero-order chi connectivity index (χ0) is 11.5. The number of aromatic nitrogens is 2. The molecule has 0 saturated carbocycles. The van der Waals surface area contributed by atoms with Gasteiger partial charge in [-0.25, -0.2) is 0 Å². The van der Waals surface area contributed by atoms with Crippen LogP contribution in [0.25, 0.3) is 0 Å². The van der Waals surface area contributed by atoms with Crippen LogP contribution in [0.2, 0.25) is 0 Å². The van der Waals surface area contributed by atoms with Crippen LogP contribution in [0.1, 0.15) is 38.6 Å². The van der Waals surface area contributed by atoms with E-state index in [9.17, 15) is 0 Å². The maximum Gasteiger partial charge on any atom is 0.0596 e. The van der Waals surface area contributed by atoms with Crippen LogP contribution in [0.5, 0.6) is 0 Å². The van der Waals surface area contributed by atoms with Gasteiger partial charge in [0, 0.05) is 17.8 Å². The van der Waals surface area contributed by atoms with Gasteiger partial charge >= 0.3 is 0 Å². The van der Waals surface area contributed by atoms with Crippen LogP contribution in [0.3, 0.4) is 0 Å². The van der Waals surface area contributed by atoms with Crippen molar-refractivity contribution in [2.75, 3.05) is 6.54 Å². The number of rotatable bonds is 5. The second kappa shape index (κ2) is 4.79. The van der Waals surface area contributed by atoms with Crippen molar-refractivity contribution in [2.24, 2.45) is 0 Å². The fourth-order valence-corrected chi connectivity index (χ4v) is 1.53. The molecule has 3 heteroatoms. The molecule has 3 nitrogen and oxygen atoms in total. The molecule has 1 heterocycles. The van der Waals surface area contributed by atoms with Crippen molar-refractivity contribution in [3.8, 4) is 0 Å². The van der Waals surface area contributed by atoms with Crippen LogP contribution in [0.15, 0.2) is 6.07 Å². The highest BCUT2D eigenvalue weighted by Gasteiger charge is 2.13. The van der Waals surface area contributed by atoms with E-state index < -0.39 is 0 Å². The summed E-state index contributed by atoms with van der Waals surface area (Å²) in [5, 5.41) is 7.97. The van der Waals surface area contributed by atoms with Gasteiger partial charge in [0.2, 0.25) is 0 Å². The van der Waals surface area contributed by atoms with Gasteiger partial charge in [0.15, 0.2) is 0 Å². The molecule has 0 aromatic carbocycles. The Kier molecular flexibility index (Phi) is 3.91. The molecular weight excluding hydrogens is 186 g/mol. The highest BCUT2D eigenvalue weighted by atomic mass is 15.3. The Hall–Kier alpha value is -0.830. The van der Waals surface area contributed by atoms with Crippen LogP contribution in [0.4, 0.5) is 0 Å². The van der Waals surface area contributed by atoms with Gasteiger partial charge in [-0.05, 0) is 40.2 Å². The summed E-state index contributed by atoms with van der Waals surface area (Å²) in [5.41, 5.74) is 2.57. The van der Waals surface area contributed by atoms with Crippen LogP contribution in [-0.2, 0) is 6.54 Å². The van der Waals surface area contributed by atoms with E-state index in [1.54, 1.807) is 0 Å². The molecule has 1 aromatic rings. The Morgan fingerprint density at radius 2 is 2.07 bits per heavy atom. The monoisotopic (exact) mass is 209 g/mol. The smallest absolute Gasteiger partial charge is 0.0596 e. The van der Waals surface area contributed by atoms with E-state index in [0.29, 0.717) is 0 Å². The molecule has 0 unspecified atom stereocenters. The minimum Gasteiger partial charge on any atom is -0.310 e. The van der Waals surface area contributed by atoms with Crippen molar-refractivity contribution in [3.63, 3.8) is 0 Å². The average molecular weight is 209 g/mol. The van der Waals surface area contributed by atoms with Crippen molar-refractivity contribution in [1.29, 1.82) is 0 Å². The molecule has 86 valence electrons. The molecule has 0 bridgehead atoms. The van der Waals surface area contributed by atoms with E-state index in [-0.39, 0.29) is 5.54 Å². The summed E-state index contributed by atoms with van der Waals surface area (Å²) in [6, 6.07) is 2.12. The van der Waals surface area contributed by atoms with Gasteiger partial charge < -0.3 is 5.32 Å². The van der Waals surface area contributed by atoms with Crippen molar-refractivity contribution >= 4 is 0 Å². The summed E-state index contributed by atoms with van der Waals surface area (Å²) in [6.45, 7) is 12.7. The number of hydrogen-bond donors (Lipinski definition) is 1. The van der Waals surface area contributed by atoms with Crippen LogP contribution >= 0.6 is 0 Å². The van der Waals surface area contributed by atoms with E-state index in [2.05, 4.69) is 48.9 Å². The minimum atomic E-state index is 0.232. The largest absolute Gasteiger partial charge is 0.310 e. The number of hydrogen-bond acceptors (Lipinski definition) is 2. The Morgan fingerprint density at radius 3 is 2.53 bits per heavy atom. The molecule has 15 heavy (non-hydrogen) atoms. The van der Waals surface area contributed by atoms with E-state index in [0.717, 1.165) is 25.2 Å². The van der Waals surface area contributed by atoms with Gasteiger partial charge in [0.05, 0.1) is 12.2 Å². The molecule has 0 fully saturated rings. The molecule has 0 atom stereocenters. The second-order valence-corrected chi connectivity index (χ2v) is 4.81. The zero-order valence-electron chi connectivity index (χ0n) is 10.6. The fraction of sp³-hybridized carbons (Fsp3) is 0.750. The van der Waals surface area contributed by atoms with Gasteiger partial charge in [-0.3, -0.25) is 4.68 Å². The molecular formula is C12H23N3. The van der Waals surface area contributed by atoms with Crippen LogP contribution < -0.4 is 5.32 Å². The normalized spacial score (nSPS) is 12.1. The summed E-state index contributed by atoms with van der Waals surface area (Å²) in [5.74, 6) is 0. The van der Waals surface area contributed by atoms with Crippen molar-refractivity contribution in [3.05, 3.63) is 17.5 Å². The highest BCUT2D eigenvalue weighted by Crippen LogP contribution is 2.06. The molecule has 0 radical (unpaired) electrons. The zero-order valence-corrected chi connectivity index (χ0v) is 10.6. The molecule has 1 rings (SSSR count). The van der Waals surface area contributed by atoms with E-state index in [1.165, 1.54) is 5.69 Å². The quantitative estimate of drug-likeness (QED) is 0.806. The molecule has 0 saturated heterocycles. The van der Waals surface area contributed by atoms with Gasteiger partial charge in [-0.2, -0.15) is 5.10 Å². The molecule has 0 aliphatic rings. The van der Waals surface area contributed by atoms with Crippen molar-refractivity contribution < 1.29 is 0 Å². The molecule has 0 aliphatic carbocycles. The average Bonchev–Trinajstić information content (AvgIpc) is 2.45. The van der Waals surface area contributed by atoms with Crippen molar-refractivity contribution in [2.45, 2.75) is 53.1 Å². The first-order valence-electron chi connectivity index (χ1n) is 5.71. The first kappa shape index (κ1) is 12.2. The lowest BCUT2D eigenvalue weighted by atomic mass is 10.0. The summed E-state index contributed by atoms with van der Waals surface area (Å²) < 4.78 is 2.06. The number of nitrogens with zero attached hydrogens (tertiary/aromatic N) is 2. The minimum absolute atomic E-state index is 0.232. The number of nitrogens with one attached hydrogen (secondary N) is 1. The van der Waals surface area contributed by atoms with Gasteiger partial charge in [-0.1, -0.05) is 6.92 Å². The molecule has 0 aliphatic heterocycles. The summed E-state index contributed by atoms with van der Waals surface area (Å²) in [7, 11) is 0. The topological polar surface area (TPSA) is 29.9 Å². The Balaban J connectivity index is 2.41. The first-order chi connectivity index (χ1) is 6.94. The van der Waals surface area contributed by atoms with Crippen LogP contribution in [-0.4, -0.2) is 21.9 Å². The summed E-state index contributed by atoms with van der Waals surface area (Å²) in [4.78, 5) is 0. The third kappa shape index (κ3) is 3.67. The lowest BCUT2D eigenvalue weighted by Crippen LogP contribution is -2.40. The maximum absolute atomic E-state index is 4.43. The SMILES string of the molecule is CCC(C)(C)NCCn1nc(C)cc1C. The fourth-order valence-electron chi connectivity index (χ4n) is 1.53. The molecule has 1 aromatic heterocycles. The maximum atomic E-state index is 4.43. The summed E-state index contributed by atoms with van der Waals surface area (Å²) >= 11 is 0. The predicted molar refractivity (Wildman–Crippen MR) is 64.1 cm³/mol. The highest BCUT2D eigenvalue weighted by molar-refractivity contribution is 5.06. The van der Waals surface area contributed by atoms with Crippen LogP contribution in [0, 0.1) is 13.8 Å². The third-order valence-corrected chi connectivity index (χ3v) is 2.91. The van der Waals surface area contributed by atoms with Gasteiger partial charge in [0.25, 0.3) is 0 Å². The first-order valence-corrected chi connectivity index (χ1v) is 5.71. The Morgan fingerprint density at radius 1 is 1.40 bits per heavy atom. The standard InChI is InChI=1S/C12H23N3/c1-6-12(4,5)13-7-8-15-11(3)9-10(2)14-15/h9,13H,6-8H2,1-5H3. The predicted octanol–water partition coefficient (Wildman–Crippen LogP) is 2.28. The van der Waals surface area contributed by atoms with Gasteiger partial charge in [-0.15, -0.1) is 0 Å². The lowest BCUT2D eigenvalue weighted by Gasteiger charge is -2.24. The van der Waals surface area contributed by atoms with Crippen molar-refractivity contribution in [1.82, 2.24) is 15.1 Å². The lowest BCUT2D eigenvalue weighted by molar-refractivity contribution is 0.362. The van der Waals surface area contributed by atoms with E-state index in [4.69, 9.17) is 0 Å². The van der Waals surface area contributed by atoms with Gasteiger partial charge in [0.1, 0.15) is 0 Å². The van der Waals surface area contributed by atoms with E-state index >= 15 is 0 Å². The Bertz CT molecular complexity index is 313. The third-order valence-electron chi connectivity index (χ3n) is 2.91. The Labute approximate surface area is 92.9 Å².